The first-order valence-electron chi connectivity index (χ1n) is 11.7. The van der Waals surface area contributed by atoms with Crippen LogP contribution in [0.1, 0.15) is 56.6 Å². The monoisotopic (exact) mass is 411 g/mol. The van der Waals surface area contributed by atoms with Crippen LogP contribution in [0.4, 0.5) is 10.5 Å². The van der Waals surface area contributed by atoms with E-state index in [0.29, 0.717) is 37.2 Å². The highest BCUT2D eigenvalue weighted by atomic mass is 16.6. The van der Waals surface area contributed by atoms with Crippen molar-refractivity contribution in [2.45, 2.75) is 83.0 Å². The van der Waals surface area contributed by atoms with Crippen LogP contribution in [0.25, 0.3) is 0 Å². The molecule has 3 fully saturated rings. The summed E-state index contributed by atoms with van der Waals surface area (Å²) in [7, 11) is 0. The lowest BCUT2D eigenvalue weighted by molar-refractivity contribution is -0.118. The minimum Gasteiger partial charge on any atom is -0.450 e. The smallest absolute Gasteiger partial charge is 0.410 e. The number of anilines is 1. The zero-order valence-corrected chi connectivity index (χ0v) is 18.2. The van der Waals surface area contributed by atoms with Crippen molar-refractivity contribution in [2.75, 3.05) is 24.6 Å². The molecule has 4 heterocycles. The van der Waals surface area contributed by atoms with E-state index in [1.165, 1.54) is 11.1 Å². The predicted molar refractivity (Wildman–Crippen MR) is 116 cm³/mol. The number of amides is 2. The SMILES string of the molecule is CCOC(=O)N1C2CCC1CC(N1CCC(N3C(=O)Cc4ccc(C)cc43)CC1)C2. The molecule has 6 nitrogen and oxygen atoms in total. The van der Waals surface area contributed by atoms with Gasteiger partial charge in [0.25, 0.3) is 0 Å². The van der Waals surface area contributed by atoms with E-state index in [0.717, 1.165) is 57.3 Å². The maximum Gasteiger partial charge on any atom is 0.410 e. The Kier molecular flexibility index (Phi) is 5.21. The number of aryl methyl sites for hydroxylation is 1. The van der Waals surface area contributed by atoms with Gasteiger partial charge in [-0.15, -0.1) is 0 Å². The van der Waals surface area contributed by atoms with E-state index in [-0.39, 0.29) is 12.0 Å². The Bertz CT molecular complexity index is 819. The van der Waals surface area contributed by atoms with Gasteiger partial charge in [-0.3, -0.25) is 4.79 Å². The van der Waals surface area contributed by atoms with Gasteiger partial charge in [0.05, 0.1) is 13.0 Å². The maximum atomic E-state index is 12.7. The standard InChI is InChI=1S/C24H33N3O3/c1-3-30-24(29)26-19-6-7-20(26)15-21(14-19)25-10-8-18(9-11-25)27-22-12-16(2)4-5-17(22)13-23(27)28/h4-5,12,18-21H,3,6-11,13-15H2,1-2H3. The van der Waals surface area contributed by atoms with Gasteiger partial charge in [0.2, 0.25) is 5.91 Å². The number of piperidine rings is 2. The molecule has 2 unspecified atom stereocenters. The molecule has 0 N–H and O–H groups in total. The number of likely N-dealkylation sites (tertiary alicyclic amines) is 1. The highest BCUT2D eigenvalue weighted by Gasteiger charge is 2.46. The summed E-state index contributed by atoms with van der Waals surface area (Å²) < 4.78 is 5.30. The average Bonchev–Trinajstić information content (AvgIpc) is 3.20. The fourth-order valence-corrected chi connectivity index (χ4v) is 6.28. The summed E-state index contributed by atoms with van der Waals surface area (Å²) in [5.41, 5.74) is 3.53. The first-order valence-corrected chi connectivity index (χ1v) is 11.7. The molecule has 162 valence electrons. The third-order valence-electron chi connectivity index (χ3n) is 7.68. The molecule has 0 aliphatic carbocycles. The molecule has 2 atom stereocenters. The third-order valence-corrected chi connectivity index (χ3v) is 7.68. The summed E-state index contributed by atoms with van der Waals surface area (Å²) in [4.78, 5) is 31.8. The van der Waals surface area contributed by atoms with Crippen molar-refractivity contribution in [1.82, 2.24) is 9.80 Å². The van der Waals surface area contributed by atoms with E-state index < -0.39 is 0 Å². The summed E-state index contributed by atoms with van der Waals surface area (Å²) in [5.74, 6) is 0.259. The van der Waals surface area contributed by atoms with Crippen LogP contribution in [0.3, 0.4) is 0 Å². The molecule has 4 aliphatic rings. The van der Waals surface area contributed by atoms with Gasteiger partial charge in [-0.25, -0.2) is 4.79 Å². The first-order chi connectivity index (χ1) is 14.5. The number of rotatable bonds is 3. The van der Waals surface area contributed by atoms with Gasteiger partial charge in [-0.05, 0) is 69.6 Å². The quantitative estimate of drug-likeness (QED) is 0.764. The van der Waals surface area contributed by atoms with Crippen molar-refractivity contribution in [3.63, 3.8) is 0 Å². The fourth-order valence-electron chi connectivity index (χ4n) is 6.28. The van der Waals surface area contributed by atoms with Gasteiger partial charge in [0, 0.05) is 42.9 Å². The van der Waals surface area contributed by atoms with Crippen molar-refractivity contribution in [3.05, 3.63) is 29.3 Å². The van der Waals surface area contributed by atoms with Crippen LogP contribution in [-0.4, -0.2) is 65.7 Å². The molecule has 3 saturated heterocycles. The van der Waals surface area contributed by atoms with Crippen LogP contribution in [0.15, 0.2) is 18.2 Å². The summed E-state index contributed by atoms with van der Waals surface area (Å²) in [6.45, 7) is 6.50. The molecular formula is C24H33N3O3. The largest absolute Gasteiger partial charge is 0.450 e. The van der Waals surface area contributed by atoms with Gasteiger partial charge in [0.15, 0.2) is 0 Å². The number of carbonyl (C=O) groups is 2. The van der Waals surface area contributed by atoms with E-state index >= 15 is 0 Å². The van der Waals surface area contributed by atoms with Crippen LogP contribution in [-0.2, 0) is 16.0 Å². The molecule has 0 radical (unpaired) electrons. The van der Waals surface area contributed by atoms with E-state index in [9.17, 15) is 9.59 Å². The fraction of sp³-hybridized carbons (Fsp3) is 0.667. The van der Waals surface area contributed by atoms with Gasteiger partial charge < -0.3 is 19.4 Å². The lowest BCUT2D eigenvalue weighted by Gasteiger charge is -2.45. The predicted octanol–water partition coefficient (Wildman–Crippen LogP) is 3.50. The minimum absolute atomic E-state index is 0.122. The molecule has 4 aliphatic heterocycles. The highest BCUT2D eigenvalue weighted by Crippen LogP contribution is 2.40. The van der Waals surface area contributed by atoms with Crippen molar-refractivity contribution in [3.8, 4) is 0 Å². The lowest BCUT2D eigenvalue weighted by Crippen LogP contribution is -2.55. The number of nitrogens with zero attached hydrogens (tertiary/aromatic N) is 3. The average molecular weight is 412 g/mol. The normalized spacial score (nSPS) is 29.4. The van der Waals surface area contributed by atoms with Crippen molar-refractivity contribution >= 4 is 17.7 Å². The van der Waals surface area contributed by atoms with E-state index in [1.54, 1.807) is 0 Å². The van der Waals surface area contributed by atoms with E-state index in [1.807, 2.05) is 11.8 Å². The van der Waals surface area contributed by atoms with E-state index in [2.05, 4.69) is 34.9 Å². The Morgan fingerprint density at radius 1 is 1.03 bits per heavy atom. The highest BCUT2D eigenvalue weighted by molar-refractivity contribution is 6.02. The van der Waals surface area contributed by atoms with Crippen molar-refractivity contribution < 1.29 is 14.3 Å². The number of fused-ring (bicyclic) bond motifs is 3. The molecule has 0 spiro atoms. The van der Waals surface area contributed by atoms with Crippen LogP contribution in [0.2, 0.25) is 0 Å². The van der Waals surface area contributed by atoms with Gasteiger partial charge in [0.1, 0.15) is 0 Å². The molecule has 1 aromatic carbocycles. The Morgan fingerprint density at radius 2 is 1.73 bits per heavy atom. The number of hydrogen-bond donors (Lipinski definition) is 0. The van der Waals surface area contributed by atoms with Crippen LogP contribution in [0, 0.1) is 6.92 Å². The lowest BCUT2D eigenvalue weighted by atomic mass is 9.93. The summed E-state index contributed by atoms with van der Waals surface area (Å²) >= 11 is 0. The number of ether oxygens (including phenoxy) is 1. The molecule has 5 rings (SSSR count). The molecule has 2 amide bonds. The zero-order valence-electron chi connectivity index (χ0n) is 18.2. The van der Waals surface area contributed by atoms with E-state index in [4.69, 9.17) is 4.74 Å². The second kappa shape index (κ2) is 7.88. The summed E-state index contributed by atoms with van der Waals surface area (Å²) in [6.07, 6.45) is 6.83. The Balaban J connectivity index is 1.21. The second-order valence-electron chi connectivity index (χ2n) is 9.46. The number of carbonyl (C=O) groups excluding carboxylic acids is 2. The Labute approximate surface area is 179 Å². The van der Waals surface area contributed by atoms with Crippen LogP contribution in [0.5, 0.6) is 0 Å². The van der Waals surface area contributed by atoms with Gasteiger partial charge >= 0.3 is 6.09 Å². The topological polar surface area (TPSA) is 53.1 Å². The minimum atomic E-state index is -0.122. The zero-order chi connectivity index (χ0) is 20.8. The summed E-state index contributed by atoms with van der Waals surface area (Å²) in [6, 6.07) is 7.93. The second-order valence-corrected chi connectivity index (χ2v) is 9.46. The molecule has 2 bridgehead atoms. The molecule has 0 saturated carbocycles. The van der Waals surface area contributed by atoms with Gasteiger partial charge in [-0.1, -0.05) is 12.1 Å². The molecule has 30 heavy (non-hydrogen) atoms. The Hall–Kier alpha value is -2.08. The van der Waals surface area contributed by atoms with Crippen LogP contribution < -0.4 is 4.90 Å². The molecule has 1 aromatic rings. The summed E-state index contributed by atoms with van der Waals surface area (Å²) in [5, 5.41) is 0. The first kappa shape index (κ1) is 19.9. The third kappa shape index (κ3) is 3.39. The van der Waals surface area contributed by atoms with Gasteiger partial charge in [-0.2, -0.15) is 0 Å². The number of hydrogen-bond acceptors (Lipinski definition) is 4. The Morgan fingerprint density at radius 3 is 2.40 bits per heavy atom. The van der Waals surface area contributed by atoms with Crippen molar-refractivity contribution in [2.24, 2.45) is 0 Å². The van der Waals surface area contributed by atoms with Crippen molar-refractivity contribution in [1.29, 1.82) is 0 Å². The van der Waals surface area contributed by atoms with Crippen LogP contribution >= 0.6 is 0 Å². The molecule has 6 heteroatoms. The number of benzene rings is 1. The maximum absolute atomic E-state index is 12.7. The molecule has 0 aromatic heterocycles. The molecular weight excluding hydrogens is 378 g/mol.